The zero-order valence-corrected chi connectivity index (χ0v) is 12.9. The summed E-state index contributed by atoms with van der Waals surface area (Å²) >= 11 is 0. The molecule has 1 aromatic heterocycles. The molecule has 2 heterocycles. The normalized spacial score (nSPS) is 15.9. The fourth-order valence-electron chi connectivity index (χ4n) is 2.59. The Labute approximate surface area is 130 Å². The van der Waals surface area contributed by atoms with Gasteiger partial charge < -0.3 is 19.7 Å². The fraction of sp³-hybridized carbons (Fsp3) is 0.500. The van der Waals surface area contributed by atoms with Crippen LogP contribution < -0.4 is 14.8 Å². The van der Waals surface area contributed by atoms with Gasteiger partial charge in [0, 0.05) is 50.4 Å². The van der Waals surface area contributed by atoms with Gasteiger partial charge in [-0.15, -0.1) is 0 Å². The van der Waals surface area contributed by atoms with Crippen LogP contribution in [0.3, 0.4) is 0 Å². The van der Waals surface area contributed by atoms with Crippen LogP contribution in [0.5, 0.6) is 11.8 Å². The molecule has 6 heteroatoms. The molecule has 1 N–H and O–H groups in total. The lowest BCUT2D eigenvalue weighted by molar-refractivity contribution is 0.214. The maximum atomic E-state index is 5.84. The summed E-state index contributed by atoms with van der Waals surface area (Å²) < 4.78 is 10.9. The van der Waals surface area contributed by atoms with Gasteiger partial charge in [0.15, 0.2) is 0 Å². The van der Waals surface area contributed by atoms with E-state index in [-0.39, 0.29) is 0 Å². The van der Waals surface area contributed by atoms with E-state index in [2.05, 4.69) is 20.2 Å². The highest BCUT2D eigenvalue weighted by Gasteiger charge is 2.08. The topological polar surface area (TPSA) is 59.5 Å². The fourth-order valence-corrected chi connectivity index (χ4v) is 2.59. The second-order valence-corrected chi connectivity index (χ2v) is 5.37. The number of benzene rings is 1. The van der Waals surface area contributed by atoms with Crippen LogP contribution in [-0.4, -0.2) is 61.3 Å². The van der Waals surface area contributed by atoms with Crippen molar-refractivity contribution < 1.29 is 9.47 Å². The number of hydrogen-bond acceptors (Lipinski definition) is 6. The van der Waals surface area contributed by atoms with Crippen molar-refractivity contribution in [2.75, 3.05) is 46.4 Å². The van der Waals surface area contributed by atoms with Crippen LogP contribution in [-0.2, 0) is 0 Å². The van der Waals surface area contributed by atoms with Crippen molar-refractivity contribution in [2.45, 2.75) is 6.42 Å². The first kappa shape index (κ1) is 15.0. The Morgan fingerprint density at radius 1 is 1.27 bits per heavy atom. The quantitative estimate of drug-likeness (QED) is 0.812. The van der Waals surface area contributed by atoms with E-state index in [9.17, 15) is 0 Å². The standard InChI is InChI=1S/C16H22N4O2/c1-21-16-18-12-13-3-4-14(11-15(13)19-16)22-10-2-7-20-8-5-17-6-9-20/h3-4,11-12,17H,2,5-10H2,1H3. The number of fused-ring (bicyclic) bond motifs is 1. The molecule has 0 aliphatic carbocycles. The molecule has 3 rings (SSSR count). The van der Waals surface area contributed by atoms with Gasteiger partial charge in [-0.25, -0.2) is 4.98 Å². The van der Waals surface area contributed by atoms with Crippen molar-refractivity contribution in [3.05, 3.63) is 24.4 Å². The summed E-state index contributed by atoms with van der Waals surface area (Å²) in [6.07, 6.45) is 2.79. The summed E-state index contributed by atoms with van der Waals surface area (Å²) in [5, 5.41) is 4.34. The first-order chi connectivity index (χ1) is 10.8. The van der Waals surface area contributed by atoms with E-state index in [1.54, 1.807) is 13.3 Å². The maximum Gasteiger partial charge on any atom is 0.316 e. The lowest BCUT2D eigenvalue weighted by atomic mass is 10.2. The molecular formula is C16H22N4O2. The molecule has 0 unspecified atom stereocenters. The Morgan fingerprint density at radius 2 is 2.14 bits per heavy atom. The van der Waals surface area contributed by atoms with E-state index in [1.165, 1.54) is 0 Å². The highest BCUT2D eigenvalue weighted by Crippen LogP contribution is 2.20. The third-order valence-electron chi connectivity index (χ3n) is 3.81. The predicted molar refractivity (Wildman–Crippen MR) is 85.5 cm³/mol. The molecule has 118 valence electrons. The van der Waals surface area contributed by atoms with Crippen LogP contribution in [0.1, 0.15) is 6.42 Å². The molecule has 0 spiro atoms. The van der Waals surface area contributed by atoms with E-state index in [0.717, 1.165) is 62.4 Å². The molecule has 1 aromatic carbocycles. The van der Waals surface area contributed by atoms with E-state index >= 15 is 0 Å². The molecule has 2 aromatic rings. The summed E-state index contributed by atoms with van der Waals surface area (Å²) in [5.41, 5.74) is 0.839. The van der Waals surface area contributed by atoms with Crippen LogP contribution in [0.4, 0.5) is 0 Å². The van der Waals surface area contributed by atoms with Crippen LogP contribution in [0, 0.1) is 0 Å². The highest BCUT2D eigenvalue weighted by atomic mass is 16.5. The summed E-state index contributed by atoms with van der Waals surface area (Å²) in [4.78, 5) is 10.9. The van der Waals surface area contributed by atoms with Crippen molar-refractivity contribution in [2.24, 2.45) is 0 Å². The smallest absolute Gasteiger partial charge is 0.316 e. The average Bonchev–Trinajstić information content (AvgIpc) is 2.59. The minimum absolute atomic E-state index is 0.378. The number of nitrogens with zero attached hydrogens (tertiary/aromatic N) is 3. The minimum Gasteiger partial charge on any atom is -0.493 e. The number of methoxy groups -OCH3 is 1. The minimum atomic E-state index is 0.378. The molecular weight excluding hydrogens is 280 g/mol. The Balaban J connectivity index is 1.52. The molecule has 22 heavy (non-hydrogen) atoms. The Hall–Kier alpha value is -1.92. The molecule has 1 aliphatic heterocycles. The van der Waals surface area contributed by atoms with E-state index in [0.29, 0.717) is 6.01 Å². The third-order valence-corrected chi connectivity index (χ3v) is 3.81. The van der Waals surface area contributed by atoms with E-state index < -0.39 is 0 Å². The van der Waals surface area contributed by atoms with Gasteiger partial charge >= 0.3 is 6.01 Å². The van der Waals surface area contributed by atoms with E-state index in [4.69, 9.17) is 9.47 Å². The van der Waals surface area contributed by atoms with Crippen molar-refractivity contribution in [3.8, 4) is 11.8 Å². The van der Waals surface area contributed by atoms with Crippen molar-refractivity contribution in [1.82, 2.24) is 20.2 Å². The molecule has 0 amide bonds. The summed E-state index contributed by atoms with van der Waals surface area (Å²) in [5.74, 6) is 0.841. The van der Waals surface area contributed by atoms with Crippen molar-refractivity contribution in [3.63, 3.8) is 0 Å². The molecule has 0 atom stereocenters. The molecule has 1 aliphatic rings. The van der Waals surface area contributed by atoms with Gasteiger partial charge in [-0.2, -0.15) is 4.98 Å². The molecule has 0 bridgehead atoms. The maximum absolute atomic E-state index is 5.84. The van der Waals surface area contributed by atoms with Gasteiger partial charge in [0.2, 0.25) is 0 Å². The van der Waals surface area contributed by atoms with Crippen LogP contribution >= 0.6 is 0 Å². The van der Waals surface area contributed by atoms with Gasteiger partial charge in [0.25, 0.3) is 0 Å². The summed E-state index contributed by atoms with van der Waals surface area (Å²) in [7, 11) is 1.57. The number of piperazine rings is 1. The lowest BCUT2D eigenvalue weighted by Gasteiger charge is -2.26. The van der Waals surface area contributed by atoms with E-state index in [1.807, 2.05) is 18.2 Å². The zero-order chi connectivity index (χ0) is 15.2. The van der Waals surface area contributed by atoms with Gasteiger partial charge in [-0.05, 0) is 18.6 Å². The second-order valence-electron chi connectivity index (χ2n) is 5.37. The van der Waals surface area contributed by atoms with Gasteiger partial charge in [-0.3, -0.25) is 0 Å². The van der Waals surface area contributed by atoms with Gasteiger partial charge in [0.1, 0.15) is 5.75 Å². The number of hydrogen-bond donors (Lipinski definition) is 1. The third kappa shape index (κ3) is 3.84. The molecule has 6 nitrogen and oxygen atoms in total. The zero-order valence-electron chi connectivity index (χ0n) is 12.9. The largest absolute Gasteiger partial charge is 0.493 e. The molecule has 0 radical (unpaired) electrons. The predicted octanol–water partition coefficient (Wildman–Crippen LogP) is 1.31. The van der Waals surface area contributed by atoms with Crippen LogP contribution in [0.25, 0.3) is 10.9 Å². The van der Waals surface area contributed by atoms with Crippen molar-refractivity contribution >= 4 is 10.9 Å². The first-order valence-corrected chi connectivity index (χ1v) is 7.72. The van der Waals surface area contributed by atoms with Gasteiger partial charge in [-0.1, -0.05) is 0 Å². The monoisotopic (exact) mass is 302 g/mol. The molecule has 0 saturated carbocycles. The summed E-state index contributed by atoms with van der Waals surface area (Å²) in [6, 6.07) is 6.25. The number of aromatic nitrogens is 2. The molecule has 1 saturated heterocycles. The summed E-state index contributed by atoms with van der Waals surface area (Å²) in [6.45, 7) is 6.25. The number of rotatable bonds is 6. The first-order valence-electron chi connectivity index (χ1n) is 7.72. The molecule has 1 fully saturated rings. The van der Waals surface area contributed by atoms with Crippen LogP contribution in [0.2, 0.25) is 0 Å². The average molecular weight is 302 g/mol. The Kier molecular flexibility index (Phi) is 5.03. The number of ether oxygens (including phenoxy) is 2. The Morgan fingerprint density at radius 3 is 2.95 bits per heavy atom. The van der Waals surface area contributed by atoms with Crippen molar-refractivity contribution in [1.29, 1.82) is 0 Å². The second kappa shape index (κ2) is 7.38. The van der Waals surface area contributed by atoms with Crippen LogP contribution in [0.15, 0.2) is 24.4 Å². The highest BCUT2D eigenvalue weighted by molar-refractivity contribution is 5.79. The number of nitrogens with one attached hydrogen (secondary N) is 1. The SMILES string of the molecule is COc1ncc2ccc(OCCCN3CCNCC3)cc2n1. The lowest BCUT2D eigenvalue weighted by Crippen LogP contribution is -2.43. The Bertz CT molecular complexity index is 614. The van der Waals surface area contributed by atoms with Gasteiger partial charge in [0.05, 0.1) is 19.2 Å².